The van der Waals surface area contributed by atoms with Crippen LogP contribution in [0.3, 0.4) is 0 Å². The van der Waals surface area contributed by atoms with Crippen molar-refractivity contribution in [1.29, 1.82) is 0 Å². The molecule has 0 bridgehead atoms. The molecule has 202 valence electrons. The number of hydrogen-bond donors (Lipinski definition) is 2. The normalized spacial score (nSPS) is 20.1. The number of hydrogen-bond acceptors (Lipinski definition) is 7. The number of carbonyl (C=O) groups is 2. The molecule has 2 N–H and O–H groups in total. The van der Waals surface area contributed by atoms with Gasteiger partial charge in [-0.1, -0.05) is 50.3 Å². The van der Waals surface area contributed by atoms with E-state index >= 15 is 0 Å². The van der Waals surface area contributed by atoms with Crippen molar-refractivity contribution in [3.8, 4) is 0 Å². The lowest BCUT2D eigenvalue weighted by atomic mass is 9.80. The molecular formula is C29H36N2O6Si. The molecule has 3 heterocycles. The number of aromatic nitrogens is 2. The lowest BCUT2D eigenvalue weighted by Crippen LogP contribution is -2.49. The number of imidazole rings is 1. The molecule has 0 amide bonds. The van der Waals surface area contributed by atoms with Gasteiger partial charge in [0.2, 0.25) is 0 Å². The second kappa shape index (κ2) is 9.85. The highest BCUT2D eigenvalue weighted by Crippen LogP contribution is 2.36. The van der Waals surface area contributed by atoms with Gasteiger partial charge in [0, 0.05) is 27.0 Å². The maximum Gasteiger partial charge on any atom is 0.342 e. The molecule has 2 aliphatic heterocycles. The fraction of sp³-hybridized carbons (Fsp3) is 0.483. The van der Waals surface area contributed by atoms with Crippen LogP contribution in [0, 0.1) is 0 Å². The molecule has 38 heavy (non-hydrogen) atoms. The zero-order chi connectivity index (χ0) is 27.2. The van der Waals surface area contributed by atoms with Gasteiger partial charge in [0.1, 0.15) is 23.2 Å². The monoisotopic (exact) mass is 536 g/mol. The molecule has 3 aliphatic rings. The molecule has 8 nitrogen and oxygen atoms in total. The Balaban J connectivity index is 1.43. The molecule has 1 unspecified atom stereocenters. The van der Waals surface area contributed by atoms with E-state index in [0.29, 0.717) is 41.8 Å². The minimum absolute atomic E-state index is 0.0371. The van der Waals surface area contributed by atoms with Crippen molar-refractivity contribution in [2.45, 2.75) is 76.9 Å². The molecule has 0 radical (unpaired) electrons. The molecule has 5 rings (SSSR count). The molecule has 0 saturated carbocycles. The first-order chi connectivity index (χ1) is 18.0. The van der Waals surface area contributed by atoms with Gasteiger partial charge in [-0.05, 0) is 47.6 Å². The third-order valence-corrected chi connectivity index (χ3v) is 11.6. The number of nitrogens with zero attached hydrogens (tertiary/aromatic N) is 2. The van der Waals surface area contributed by atoms with E-state index in [4.69, 9.17) is 14.5 Å². The number of aryl methyl sites for hydroxylation is 1. The van der Waals surface area contributed by atoms with Crippen LogP contribution in [0.4, 0.5) is 0 Å². The van der Waals surface area contributed by atoms with Crippen LogP contribution in [0.1, 0.15) is 49.1 Å². The van der Waals surface area contributed by atoms with Crippen LogP contribution >= 0.6 is 0 Å². The highest BCUT2D eigenvalue weighted by molar-refractivity contribution is 6.77. The molecule has 9 heteroatoms. The fourth-order valence-electron chi connectivity index (χ4n) is 5.91. The third kappa shape index (κ3) is 4.62. The van der Waals surface area contributed by atoms with Gasteiger partial charge in [-0.15, -0.1) is 0 Å². The number of ether oxygens (including phenoxy) is 2. The van der Waals surface area contributed by atoms with Gasteiger partial charge < -0.3 is 24.3 Å². The minimum Gasteiger partial charge on any atom is -0.505 e. The largest absolute Gasteiger partial charge is 0.505 e. The summed E-state index contributed by atoms with van der Waals surface area (Å²) in [7, 11) is -1.47. The maximum absolute atomic E-state index is 12.4. The second-order valence-corrected chi connectivity index (χ2v) is 16.7. The van der Waals surface area contributed by atoms with E-state index < -0.39 is 19.6 Å². The third-order valence-electron chi connectivity index (χ3n) is 8.27. The lowest BCUT2D eigenvalue weighted by molar-refractivity contribution is -0.163. The Morgan fingerprint density at radius 3 is 2.82 bits per heavy atom. The molecule has 1 aromatic heterocycles. The van der Waals surface area contributed by atoms with Gasteiger partial charge in [0.15, 0.2) is 5.60 Å². The van der Waals surface area contributed by atoms with E-state index in [1.54, 1.807) is 6.92 Å². The number of cyclic esters (lactones) is 1. The smallest absolute Gasteiger partial charge is 0.342 e. The van der Waals surface area contributed by atoms with Crippen molar-refractivity contribution >= 4 is 31.8 Å². The molecule has 0 fully saturated rings. The second-order valence-electron chi connectivity index (χ2n) is 11.4. The zero-order valence-corrected chi connectivity index (χ0v) is 23.6. The summed E-state index contributed by atoms with van der Waals surface area (Å²) in [6, 6.07) is 8.62. The molecule has 0 saturated heterocycles. The Hall–Kier alpha value is -3.17. The first-order valence-corrected chi connectivity index (χ1v) is 16.8. The number of carbonyl (C=O) groups excluding carboxylic acids is 2. The van der Waals surface area contributed by atoms with E-state index in [-0.39, 0.29) is 24.8 Å². The first kappa shape index (κ1) is 26.4. The van der Waals surface area contributed by atoms with Crippen LogP contribution < -0.4 is 10.8 Å². The highest BCUT2D eigenvalue weighted by Gasteiger charge is 2.47. The first-order valence-electron chi connectivity index (χ1n) is 13.4. The van der Waals surface area contributed by atoms with Gasteiger partial charge in [0.25, 0.3) is 0 Å². The number of aliphatic hydroxyl groups excluding tert-OH is 1. The lowest BCUT2D eigenvalue weighted by Gasteiger charge is -2.35. The van der Waals surface area contributed by atoms with Crippen molar-refractivity contribution in [2.24, 2.45) is 0 Å². The summed E-state index contributed by atoms with van der Waals surface area (Å²) in [6.45, 7) is 8.99. The number of esters is 2. The van der Waals surface area contributed by atoms with Crippen molar-refractivity contribution in [2.75, 3.05) is 13.2 Å². The highest BCUT2D eigenvalue weighted by atomic mass is 28.3. The van der Waals surface area contributed by atoms with E-state index in [1.807, 2.05) is 4.57 Å². The van der Waals surface area contributed by atoms with E-state index in [0.717, 1.165) is 36.0 Å². The van der Waals surface area contributed by atoms with Gasteiger partial charge in [0.05, 0.1) is 18.8 Å². The summed E-state index contributed by atoms with van der Waals surface area (Å²) in [4.78, 5) is 28.3. The summed E-state index contributed by atoms with van der Waals surface area (Å²) in [6.07, 6.45) is 4.41. The summed E-state index contributed by atoms with van der Waals surface area (Å²) < 4.78 is 12.4. The molecule has 1 aromatic carbocycles. The van der Waals surface area contributed by atoms with E-state index in [9.17, 15) is 19.8 Å². The summed E-state index contributed by atoms with van der Waals surface area (Å²) in [5.41, 5.74) is 4.35. The van der Waals surface area contributed by atoms with Gasteiger partial charge in [-0.2, -0.15) is 0 Å². The van der Waals surface area contributed by atoms with Gasteiger partial charge in [-0.3, -0.25) is 4.79 Å². The van der Waals surface area contributed by atoms with Crippen LogP contribution in [-0.4, -0.2) is 58.6 Å². The number of aliphatic hydroxyl groups is 2. The number of benzene rings is 1. The molecular weight excluding hydrogens is 500 g/mol. The average molecular weight is 537 g/mol. The van der Waals surface area contributed by atoms with Crippen LogP contribution in [0.2, 0.25) is 25.2 Å². The zero-order valence-electron chi connectivity index (χ0n) is 22.6. The quantitative estimate of drug-likeness (QED) is 0.259. The van der Waals surface area contributed by atoms with Crippen LogP contribution in [0.15, 0.2) is 29.3 Å². The molecule has 2 aromatic rings. The van der Waals surface area contributed by atoms with E-state index in [2.05, 4.69) is 37.4 Å². The minimum atomic E-state index is -1.74. The van der Waals surface area contributed by atoms with Gasteiger partial charge >= 0.3 is 11.9 Å². The summed E-state index contributed by atoms with van der Waals surface area (Å²) in [5, 5.41) is 23.0. The topological polar surface area (TPSA) is 111 Å². The number of rotatable bonds is 8. The van der Waals surface area contributed by atoms with Crippen molar-refractivity contribution in [1.82, 2.24) is 9.55 Å². The Morgan fingerprint density at radius 1 is 1.29 bits per heavy atom. The van der Waals surface area contributed by atoms with Crippen LogP contribution in [0.25, 0.3) is 11.8 Å². The Kier molecular flexibility index (Phi) is 6.85. The average Bonchev–Trinajstić information content (AvgIpc) is 3.24. The van der Waals surface area contributed by atoms with Crippen molar-refractivity contribution in [3.63, 3.8) is 0 Å². The maximum atomic E-state index is 12.4. The van der Waals surface area contributed by atoms with Crippen molar-refractivity contribution in [3.05, 3.63) is 62.6 Å². The van der Waals surface area contributed by atoms with Crippen LogP contribution in [0.5, 0.6) is 0 Å². The van der Waals surface area contributed by atoms with Crippen molar-refractivity contribution < 1.29 is 29.3 Å². The number of fused-ring (bicyclic) bond motifs is 4. The molecule has 1 aliphatic carbocycles. The Morgan fingerprint density at radius 2 is 2.08 bits per heavy atom. The fourth-order valence-corrected chi connectivity index (χ4v) is 8.21. The predicted molar refractivity (Wildman–Crippen MR) is 146 cm³/mol. The SMILES string of the molecule is CCC1(O)C(=O)OCC2=C1Cc1nc3n(c1=C2O)Cc1c(cccc1CC[Si](C)(C)CCCOC(C)=O)C=3. The van der Waals surface area contributed by atoms with Crippen LogP contribution in [-0.2, 0) is 38.4 Å². The Bertz CT molecular complexity index is 1470. The van der Waals surface area contributed by atoms with E-state index in [1.165, 1.54) is 18.1 Å². The van der Waals surface area contributed by atoms with Gasteiger partial charge in [-0.25, -0.2) is 9.78 Å². The predicted octanol–water partition coefficient (Wildman–Crippen LogP) is 2.49. The molecule has 1 atom stereocenters. The standard InChI is InChI=1S/C29H36N2O6Si/c1-5-29(35)23-15-24-26(27(33)22(23)17-37-28(29)34)31-16-21-19(8-6-9-20(21)14-25(31)30-24)10-13-38(3,4)12-7-11-36-18(2)32/h6,8-9,14,33,35H,5,7,10-13,15-17H2,1-4H3. The summed E-state index contributed by atoms with van der Waals surface area (Å²) in [5.74, 6) is -0.852. The molecule has 0 spiro atoms. The Labute approximate surface area is 223 Å². The summed E-state index contributed by atoms with van der Waals surface area (Å²) >= 11 is 0.